The molecule has 3 nitrogen and oxygen atoms in total. The Hall–Kier alpha value is -1.87. The standard InChI is InChI=1S/C16H20N2O/c1-4-17-13(3)15-10-9-14(11-18-15)19-16-8-6-5-7-12(16)2/h5-11,13,17H,4H2,1-3H3. The number of aryl methyl sites for hydroxylation is 1. The van der Waals surface area contributed by atoms with Crippen LogP contribution in [-0.2, 0) is 0 Å². The van der Waals surface area contributed by atoms with Gasteiger partial charge in [-0.15, -0.1) is 0 Å². The molecule has 0 bridgehead atoms. The topological polar surface area (TPSA) is 34.1 Å². The molecular weight excluding hydrogens is 236 g/mol. The third-order valence-electron chi connectivity index (χ3n) is 3.03. The van der Waals surface area contributed by atoms with E-state index in [1.165, 1.54) is 0 Å². The zero-order chi connectivity index (χ0) is 13.7. The van der Waals surface area contributed by atoms with Crippen molar-refractivity contribution >= 4 is 0 Å². The van der Waals surface area contributed by atoms with Gasteiger partial charge in [0, 0.05) is 6.04 Å². The van der Waals surface area contributed by atoms with Crippen LogP contribution in [0, 0.1) is 6.92 Å². The van der Waals surface area contributed by atoms with Crippen molar-refractivity contribution in [2.75, 3.05) is 6.54 Å². The van der Waals surface area contributed by atoms with Crippen LogP contribution in [0.4, 0.5) is 0 Å². The van der Waals surface area contributed by atoms with Gasteiger partial charge in [0.1, 0.15) is 11.5 Å². The van der Waals surface area contributed by atoms with Crippen molar-refractivity contribution in [3.8, 4) is 11.5 Å². The fourth-order valence-electron chi connectivity index (χ4n) is 1.92. The van der Waals surface area contributed by atoms with Crippen molar-refractivity contribution in [2.45, 2.75) is 26.8 Å². The minimum absolute atomic E-state index is 0.262. The minimum Gasteiger partial charge on any atom is -0.455 e. The van der Waals surface area contributed by atoms with Gasteiger partial charge in [0.15, 0.2) is 0 Å². The lowest BCUT2D eigenvalue weighted by molar-refractivity contribution is 0.474. The Labute approximate surface area is 114 Å². The van der Waals surface area contributed by atoms with E-state index in [-0.39, 0.29) is 6.04 Å². The van der Waals surface area contributed by atoms with Crippen LogP contribution in [0.1, 0.15) is 31.1 Å². The summed E-state index contributed by atoms with van der Waals surface area (Å²) in [5, 5.41) is 3.34. The van der Waals surface area contributed by atoms with E-state index in [0.29, 0.717) is 0 Å². The molecule has 1 N–H and O–H groups in total. The summed E-state index contributed by atoms with van der Waals surface area (Å²) >= 11 is 0. The number of ether oxygens (including phenoxy) is 1. The first-order chi connectivity index (χ1) is 9.20. The second kappa shape index (κ2) is 6.34. The largest absolute Gasteiger partial charge is 0.455 e. The van der Waals surface area contributed by atoms with Crippen molar-refractivity contribution in [1.29, 1.82) is 0 Å². The summed E-state index contributed by atoms with van der Waals surface area (Å²) in [7, 11) is 0. The fourth-order valence-corrected chi connectivity index (χ4v) is 1.92. The number of rotatable bonds is 5. The Morgan fingerprint density at radius 1 is 1.21 bits per heavy atom. The number of hydrogen-bond donors (Lipinski definition) is 1. The van der Waals surface area contributed by atoms with Gasteiger partial charge in [-0.2, -0.15) is 0 Å². The first-order valence-corrected chi connectivity index (χ1v) is 6.63. The molecule has 0 aliphatic rings. The number of pyridine rings is 1. The number of benzene rings is 1. The molecule has 1 aromatic heterocycles. The maximum atomic E-state index is 5.82. The minimum atomic E-state index is 0.262. The third-order valence-corrected chi connectivity index (χ3v) is 3.03. The van der Waals surface area contributed by atoms with E-state index < -0.39 is 0 Å². The number of aromatic nitrogens is 1. The molecule has 1 unspecified atom stereocenters. The van der Waals surface area contributed by atoms with E-state index in [0.717, 1.165) is 29.3 Å². The lowest BCUT2D eigenvalue weighted by Gasteiger charge is -2.12. The highest BCUT2D eigenvalue weighted by Crippen LogP contribution is 2.24. The zero-order valence-electron chi connectivity index (χ0n) is 11.7. The highest BCUT2D eigenvalue weighted by atomic mass is 16.5. The molecule has 100 valence electrons. The average Bonchev–Trinajstić information content (AvgIpc) is 2.42. The molecule has 0 aliphatic carbocycles. The highest BCUT2D eigenvalue weighted by Gasteiger charge is 2.06. The zero-order valence-corrected chi connectivity index (χ0v) is 11.7. The van der Waals surface area contributed by atoms with Crippen LogP contribution in [0.15, 0.2) is 42.6 Å². The fraction of sp³-hybridized carbons (Fsp3) is 0.312. The summed E-state index contributed by atoms with van der Waals surface area (Å²) in [6.45, 7) is 7.16. The Kier molecular flexibility index (Phi) is 4.53. The van der Waals surface area contributed by atoms with Gasteiger partial charge in [0.2, 0.25) is 0 Å². The number of nitrogens with one attached hydrogen (secondary N) is 1. The van der Waals surface area contributed by atoms with Crippen molar-refractivity contribution in [2.24, 2.45) is 0 Å². The summed E-state index contributed by atoms with van der Waals surface area (Å²) in [6.07, 6.45) is 1.77. The monoisotopic (exact) mass is 256 g/mol. The first-order valence-electron chi connectivity index (χ1n) is 6.63. The van der Waals surface area contributed by atoms with Gasteiger partial charge in [-0.05, 0) is 44.2 Å². The molecular formula is C16H20N2O. The molecule has 1 aromatic carbocycles. The summed E-state index contributed by atoms with van der Waals surface area (Å²) in [5.41, 5.74) is 2.14. The quantitative estimate of drug-likeness (QED) is 0.882. The molecule has 3 heteroatoms. The van der Waals surface area contributed by atoms with E-state index >= 15 is 0 Å². The van der Waals surface area contributed by atoms with Gasteiger partial charge in [-0.25, -0.2) is 0 Å². The predicted octanol–water partition coefficient (Wildman–Crippen LogP) is 3.85. The Morgan fingerprint density at radius 3 is 2.63 bits per heavy atom. The van der Waals surface area contributed by atoms with E-state index in [4.69, 9.17) is 4.74 Å². The van der Waals surface area contributed by atoms with Crippen molar-refractivity contribution in [3.63, 3.8) is 0 Å². The van der Waals surface area contributed by atoms with Gasteiger partial charge < -0.3 is 10.1 Å². The van der Waals surface area contributed by atoms with Crippen LogP contribution in [0.2, 0.25) is 0 Å². The molecule has 0 radical (unpaired) electrons. The van der Waals surface area contributed by atoms with Crippen LogP contribution >= 0.6 is 0 Å². The van der Waals surface area contributed by atoms with Crippen molar-refractivity contribution in [3.05, 3.63) is 53.9 Å². The van der Waals surface area contributed by atoms with Crippen LogP contribution < -0.4 is 10.1 Å². The van der Waals surface area contributed by atoms with Gasteiger partial charge in [-0.1, -0.05) is 25.1 Å². The van der Waals surface area contributed by atoms with Crippen LogP contribution in [0.3, 0.4) is 0 Å². The molecule has 1 atom stereocenters. The summed E-state index contributed by atoms with van der Waals surface area (Å²) in [6, 6.07) is 12.2. The third kappa shape index (κ3) is 3.55. The Balaban J connectivity index is 2.09. The van der Waals surface area contributed by atoms with E-state index in [1.807, 2.05) is 43.3 Å². The van der Waals surface area contributed by atoms with Gasteiger partial charge in [0.05, 0.1) is 11.9 Å². The smallest absolute Gasteiger partial charge is 0.145 e. The van der Waals surface area contributed by atoms with E-state index in [2.05, 4.69) is 24.1 Å². The van der Waals surface area contributed by atoms with Crippen LogP contribution in [0.5, 0.6) is 11.5 Å². The molecule has 1 heterocycles. The first kappa shape index (κ1) is 13.6. The molecule has 19 heavy (non-hydrogen) atoms. The van der Waals surface area contributed by atoms with Gasteiger partial charge in [-0.3, -0.25) is 4.98 Å². The lowest BCUT2D eigenvalue weighted by Crippen LogP contribution is -2.18. The van der Waals surface area contributed by atoms with Crippen LogP contribution in [0.25, 0.3) is 0 Å². The number of nitrogens with zero attached hydrogens (tertiary/aromatic N) is 1. The molecule has 0 saturated carbocycles. The number of hydrogen-bond acceptors (Lipinski definition) is 3. The normalized spacial score (nSPS) is 12.2. The molecule has 0 spiro atoms. The predicted molar refractivity (Wildman–Crippen MR) is 77.6 cm³/mol. The summed E-state index contributed by atoms with van der Waals surface area (Å²) in [5.74, 6) is 1.64. The van der Waals surface area contributed by atoms with E-state index in [9.17, 15) is 0 Å². The summed E-state index contributed by atoms with van der Waals surface area (Å²) in [4.78, 5) is 4.44. The SMILES string of the molecule is CCNC(C)c1ccc(Oc2ccccc2C)cn1. The second-order valence-electron chi connectivity index (χ2n) is 4.57. The average molecular weight is 256 g/mol. The highest BCUT2D eigenvalue weighted by molar-refractivity contribution is 5.36. The maximum Gasteiger partial charge on any atom is 0.145 e. The molecule has 0 aliphatic heterocycles. The molecule has 2 aromatic rings. The molecule has 2 rings (SSSR count). The summed E-state index contributed by atoms with van der Waals surface area (Å²) < 4.78 is 5.82. The number of para-hydroxylation sites is 1. The lowest BCUT2D eigenvalue weighted by atomic mass is 10.2. The molecule has 0 amide bonds. The Morgan fingerprint density at radius 2 is 2.00 bits per heavy atom. The van der Waals surface area contributed by atoms with E-state index in [1.54, 1.807) is 6.20 Å². The molecule has 0 fully saturated rings. The van der Waals surface area contributed by atoms with Crippen molar-refractivity contribution < 1.29 is 4.74 Å². The Bertz CT molecular complexity index is 523. The second-order valence-corrected chi connectivity index (χ2v) is 4.57. The maximum absolute atomic E-state index is 5.82. The molecule has 0 saturated heterocycles. The van der Waals surface area contributed by atoms with Crippen molar-refractivity contribution in [1.82, 2.24) is 10.3 Å². The van der Waals surface area contributed by atoms with Crippen LogP contribution in [-0.4, -0.2) is 11.5 Å². The van der Waals surface area contributed by atoms with Gasteiger partial charge in [0.25, 0.3) is 0 Å². The van der Waals surface area contributed by atoms with Gasteiger partial charge >= 0.3 is 0 Å².